The molecular weight excluding hydrogens is 304 g/mol. The van der Waals surface area contributed by atoms with Gasteiger partial charge >= 0.3 is 0 Å². The van der Waals surface area contributed by atoms with Gasteiger partial charge in [-0.15, -0.1) is 0 Å². The van der Waals surface area contributed by atoms with Crippen LogP contribution < -0.4 is 0 Å². The first kappa shape index (κ1) is 17.2. The average molecular weight is 330 g/mol. The Labute approximate surface area is 134 Å². The molecule has 0 aromatic rings. The van der Waals surface area contributed by atoms with Crippen LogP contribution in [0.5, 0.6) is 0 Å². The minimum absolute atomic E-state index is 0.252. The summed E-state index contributed by atoms with van der Waals surface area (Å²) in [4.78, 5) is 16.5. The number of aliphatic hydroxyl groups is 5. The Morgan fingerprint density at radius 3 is 1.83 bits per heavy atom. The molecule has 0 unspecified atom stereocenters. The van der Waals surface area contributed by atoms with Crippen molar-refractivity contribution >= 4 is 5.78 Å². The lowest BCUT2D eigenvalue weighted by molar-refractivity contribution is -0.228. The summed E-state index contributed by atoms with van der Waals surface area (Å²) in [5.74, 6) is 0.252. The van der Waals surface area contributed by atoms with E-state index in [1.807, 2.05) is 23.6 Å². The van der Waals surface area contributed by atoms with Gasteiger partial charge in [-0.3, -0.25) is 14.6 Å². The van der Waals surface area contributed by atoms with E-state index in [-0.39, 0.29) is 5.78 Å². The van der Waals surface area contributed by atoms with Crippen molar-refractivity contribution in [3.8, 4) is 0 Å². The van der Waals surface area contributed by atoms with E-state index in [0.29, 0.717) is 26.2 Å². The van der Waals surface area contributed by atoms with Gasteiger partial charge in [-0.1, -0.05) is 13.8 Å². The minimum atomic E-state index is -1.64. The van der Waals surface area contributed by atoms with Gasteiger partial charge in [0.1, 0.15) is 30.2 Å². The highest BCUT2D eigenvalue weighted by atomic mass is 16.4. The van der Waals surface area contributed by atoms with Crippen molar-refractivity contribution in [2.24, 2.45) is 10.8 Å². The van der Waals surface area contributed by atoms with Gasteiger partial charge in [0.05, 0.1) is 23.6 Å². The van der Waals surface area contributed by atoms with E-state index >= 15 is 0 Å². The lowest BCUT2D eigenvalue weighted by Crippen LogP contribution is -2.80. The Morgan fingerprint density at radius 1 is 1.00 bits per heavy atom. The summed E-state index contributed by atoms with van der Waals surface area (Å²) in [6.07, 6.45) is -6.57. The summed E-state index contributed by atoms with van der Waals surface area (Å²) in [6, 6.07) is 0. The Balaban J connectivity index is 1.80. The number of nitrogens with zero attached hydrogens (tertiary/aromatic N) is 2. The quantitative estimate of drug-likeness (QED) is 0.361. The third-order valence-electron chi connectivity index (χ3n) is 5.64. The molecular formula is C15H26N2O6. The maximum absolute atomic E-state index is 12.6. The second-order valence-electron chi connectivity index (χ2n) is 7.90. The first-order valence-electron chi connectivity index (χ1n) is 7.99. The molecule has 4 bridgehead atoms. The molecule has 4 rings (SSSR count). The first-order chi connectivity index (χ1) is 10.6. The summed E-state index contributed by atoms with van der Waals surface area (Å²) in [5.41, 5.74) is -0.953. The number of aliphatic hydroxyl groups excluding tert-OH is 5. The van der Waals surface area contributed by atoms with Crippen LogP contribution >= 0.6 is 0 Å². The molecule has 0 aromatic carbocycles. The molecule has 8 nitrogen and oxygen atoms in total. The molecule has 0 aromatic heterocycles. The zero-order valence-corrected chi connectivity index (χ0v) is 13.5. The molecule has 4 fully saturated rings. The highest BCUT2D eigenvalue weighted by Crippen LogP contribution is 2.48. The van der Waals surface area contributed by atoms with E-state index in [2.05, 4.69) is 0 Å². The minimum Gasteiger partial charge on any atom is -0.394 e. The van der Waals surface area contributed by atoms with Gasteiger partial charge in [0.2, 0.25) is 0 Å². The molecule has 0 radical (unpaired) electrons. The molecule has 4 atom stereocenters. The number of ketones is 1. The molecule has 0 aliphatic carbocycles. The Bertz CT molecular complexity index is 460. The van der Waals surface area contributed by atoms with Crippen molar-refractivity contribution in [1.29, 1.82) is 0 Å². The van der Waals surface area contributed by atoms with Crippen LogP contribution in [0.15, 0.2) is 0 Å². The maximum atomic E-state index is 12.6. The second kappa shape index (κ2) is 5.45. The standard InChI is InChI=1S/C15H26N2O6/c1-14-4-16-6-15(2,13(14)23)7-17(5-14)12(16)11(22)10(21)9(20)8(19)3-18/h8-12,18-22H,3-7H2,1-2H3/t8-,9-,10-,11-,12?,14?,15?/m1/s1. The average Bonchev–Trinajstić information content (AvgIpc) is 2.48. The third-order valence-corrected chi connectivity index (χ3v) is 5.64. The van der Waals surface area contributed by atoms with Crippen LogP contribution in [0.1, 0.15) is 13.8 Å². The molecule has 4 saturated heterocycles. The van der Waals surface area contributed by atoms with Gasteiger partial charge in [0.15, 0.2) is 0 Å². The lowest BCUT2D eigenvalue weighted by atomic mass is 9.61. The summed E-state index contributed by atoms with van der Waals surface area (Å²) in [7, 11) is 0. The topological polar surface area (TPSA) is 125 Å². The molecule has 0 amide bonds. The Hall–Kier alpha value is -0.610. The van der Waals surface area contributed by atoms with Crippen molar-refractivity contribution in [3.63, 3.8) is 0 Å². The van der Waals surface area contributed by atoms with Crippen molar-refractivity contribution in [2.75, 3.05) is 32.8 Å². The molecule has 4 heterocycles. The fourth-order valence-electron chi connectivity index (χ4n) is 4.77. The Kier molecular flexibility index (Phi) is 4.08. The normalized spacial score (nSPS) is 47.4. The zero-order valence-electron chi connectivity index (χ0n) is 13.5. The van der Waals surface area contributed by atoms with Crippen LogP contribution in [0.2, 0.25) is 0 Å². The summed E-state index contributed by atoms with van der Waals surface area (Å²) in [6.45, 7) is 5.17. The molecule has 4 aliphatic rings. The number of rotatable bonds is 5. The number of piperidine rings is 2. The fraction of sp³-hybridized carbons (Fsp3) is 0.933. The number of carbonyl (C=O) groups is 1. The number of hydrogen-bond donors (Lipinski definition) is 5. The number of Topliss-reactive ketones (excluding diaryl/α,β-unsaturated/α-hetero) is 1. The van der Waals surface area contributed by atoms with Crippen LogP contribution in [0.25, 0.3) is 0 Å². The van der Waals surface area contributed by atoms with Gasteiger partial charge in [-0.05, 0) is 0 Å². The van der Waals surface area contributed by atoms with E-state index in [0.717, 1.165) is 0 Å². The van der Waals surface area contributed by atoms with E-state index < -0.39 is 48.0 Å². The van der Waals surface area contributed by atoms with Crippen LogP contribution in [0, 0.1) is 10.8 Å². The molecule has 4 aliphatic heterocycles. The van der Waals surface area contributed by atoms with Crippen LogP contribution in [-0.2, 0) is 4.79 Å². The predicted octanol–water partition coefficient (Wildman–Crippen LogP) is -3.03. The van der Waals surface area contributed by atoms with E-state index in [4.69, 9.17) is 5.11 Å². The largest absolute Gasteiger partial charge is 0.394 e. The highest BCUT2D eigenvalue weighted by Gasteiger charge is 2.63. The SMILES string of the molecule is CC12CN3CC(C)(CN(C1)C3[C@H](O)[C@H](O)[C@H](O)[C@H](O)CO)C2=O. The van der Waals surface area contributed by atoms with Crippen molar-refractivity contribution < 1.29 is 30.3 Å². The lowest BCUT2D eigenvalue weighted by Gasteiger charge is -2.65. The Morgan fingerprint density at radius 2 is 1.43 bits per heavy atom. The molecule has 23 heavy (non-hydrogen) atoms. The predicted molar refractivity (Wildman–Crippen MR) is 79.3 cm³/mol. The molecule has 132 valence electrons. The molecule has 8 heteroatoms. The number of carbonyl (C=O) groups excluding carboxylic acids is 1. The van der Waals surface area contributed by atoms with Crippen LogP contribution in [-0.4, -0.2) is 104 Å². The van der Waals surface area contributed by atoms with Gasteiger partial charge < -0.3 is 25.5 Å². The van der Waals surface area contributed by atoms with Crippen LogP contribution in [0.3, 0.4) is 0 Å². The van der Waals surface area contributed by atoms with Crippen molar-refractivity contribution in [3.05, 3.63) is 0 Å². The van der Waals surface area contributed by atoms with Gasteiger partial charge in [-0.2, -0.15) is 0 Å². The number of hydrogen-bond acceptors (Lipinski definition) is 8. The monoisotopic (exact) mass is 330 g/mol. The van der Waals surface area contributed by atoms with Crippen LogP contribution in [0.4, 0.5) is 0 Å². The fourth-order valence-corrected chi connectivity index (χ4v) is 4.77. The van der Waals surface area contributed by atoms with Crippen molar-refractivity contribution in [2.45, 2.75) is 44.4 Å². The smallest absolute Gasteiger partial charge is 0.149 e. The first-order valence-corrected chi connectivity index (χ1v) is 7.99. The van der Waals surface area contributed by atoms with Gasteiger partial charge in [-0.25, -0.2) is 0 Å². The molecule has 5 N–H and O–H groups in total. The van der Waals surface area contributed by atoms with E-state index in [1.54, 1.807) is 0 Å². The zero-order chi connectivity index (χ0) is 17.2. The van der Waals surface area contributed by atoms with Gasteiger partial charge in [0, 0.05) is 26.2 Å². The summed E-state index contributed by atoms with van der Waals surface area (Å²) >= 11 is 0. The second-order valence-corrected chi connectivity index (χ2v) is 7.90. The third kappa shape index (κ3) is 2.44. The maximum Gasteiger partial charge on any atom is 0.149 e. The molecule has 0 spiro atoms. The molecule has 0 saturated carbocycles. The highest BCUT2D eigenvalue weighted by molar-refractivity contribution is 5.92. The van der Waals surface area contributed by atoms with Crippen molar-refractivity contribution in [1.82, 2.24) is 9.80 Å². The van der Waals surface area contributed by atoms with Gasteiger partial charge in [0.25, 0.3) is 0 Å². The summed E-state index contributed by atoms with van der Waals surface area (Å²) in [5, 5.41) is 48.9. The van der Waals surface area contributed by atoms with E-state index in [9.17, 15) is 25.2 Å². The van der Waals surface area contributed by atoms with E-state index in [1.165, 1.54) is 0 Å². The summed E-state index contributed by atoms with van der Waals surface area (Å²) < 4.78 is 0.